The molecule has 0 spiro atoms. The highest BCUT2D eigenvalue weighted by Gasteiger charge is 2.17. The lowest BCUT2D eigenvalue weighted by Gasteiger charge is -2.18. The van der Waals surface area contributed by atoms with Gasteiger partial charge in [0.05, 0.1) is 6.61 Å². The molecule has 0 aliphatic heterocycles. The van der Waals surface area contributed by atoms with Crippen molar-refractivity contribution in [2.75, 3.05) is 19.8 Å². The third-order valence-electron chi connectivity index (χ3n) is 10.8. The smallest absolute Gasteiger partial charge is 0.306 e. The van der Waals surface area contributed by atoms with Gasteiger partial charge in [-0.2, -0.15) is 0 Å². The van der Waals surface area contributed by atoms with Crippen LogP contribution in [0, 0.1) is 0 Å². The molecule has 0 rings (SSSR count). The van der Waals surface area contributed by atoms with E-state index in [-0.39, 0.29) is 18.5 Å². The van der Waals surface area contributed by atoms with Crippen molar-refractivity contribution in [3.8, 4) is 0 Å². The minimum Gasteiger partial charge on any atom is -0.462 e. The normalized spacial score (nSPS) is 12.1. The predicted octanol–water partition coefficient (Wildman–Crippen LogP) is 15.9. The lowest BCUT2D eigenvalue weighted by molar-refractivity contribution is -0.163. The topological polar surface area (TPSA) is 61.8 Å². The van der Waals surface area contributed by atoms with Crippen molar-refractivity contribution in [1.29, 1.82) is 0 Å². The second kappa shape index (κ2) is 46.0. The van der Waals surface area contributed by atoms with Gasteiger partial charge >= 0.3 is 11.9 Å². The number of rotatable bonds is 45. The van der Waals surface area contributed by atoms with E-state index >= 15 is 0 Å². The van der Waals surface area contributed by atoms with E-state index in [4.69, 9.17) is 14.2 Å². The second-order valence-corrected chi connectivity index (χ2v) is 16.4. The average Bonchev–Trinajstić information content (AvgIpc) is 3.17. The predicted molar refractivity (Wildman–Crippen MR) is 233 cm³/mol. The molecule has 0 saturated heterocycles. The van der Waals surface area contributed by atoms with Crippen LogP contribution in [0.1, 0.15) is 265 Å². The number of allylic oxidation sites excluding steroid dienone is 2. The molecule has 5 heteroatoms. The van der Waals surface area contributed by atoms with Gasteiger partial charge in [-0.1, -0.05) is 219 Å². The van der Waals surface area contributed by atoms with Crippen molar-refractivity contribution in [2.24, 2.45) is 0 Å². The zero-order valence-corrected chi connectivity index (χ0v) is 36.8. The third-order valence-corrected chi connectivity index (χ3v) is 10.8. The minimum absolute atomic E-state index is 0.0925. The van der Waals surface area contributed by atoms with Gasteiger partial charge in [0.25, 0.3) is 0 Å². The minimum atomic E-state index is -0.525. The molecule has 54 heavy (non-hydrogen) atoms. The summed E-state index contributed by atoms with van der Waals surface area (Å²) in [5, 5.41) is 0. The van der Waals surface area contributed by atoms with Gasteiger partial charge in [-0.05, 0) is 44.9 Å². The van der Waals surface area contributed by atoms with E-state index in [0.29, 0.717) is 26.1 Å². The summed E-state index contributed by atoms with van der Waals surface area (Å²) >= 11 is 0. The Morgan fingerprint density at radius 1 is 0.389 bits per heavy atom. The Balaban J connectivity index is 4.13. The zero-order valence-electron chi connectivity index (χ0n) is 36.8. The molecule has 0 aromatic heterocycles. The Hall–Kier alpha value is -1.36. The van der Waals surface area contributed by atoms with Gasteiger partial charge in [0.2, 0.25) is 0 Å². The molecule has 1 atom stereocenters. The molecule has 0 aliphatic rings. The van der Waals surface area contributed by atoms with Crippen LogP contribution in [0.25, 0.3) is 0 Å². The first-order chi connectivity index (χ1) is 26.6. The van der Waals surface area contributed by atoms with E-state index < -0.39 is 6.10 Å². The van der Waals surface area contributed by atoms with Crippen molar-refractivity contribution in [1.82, 2.24) is 0 Å². The van der Waals surface area contributed by atoms with E-state index in [0.717, 1.165) is 38.5 Å². The third kappa shape index (κ3) is 43.4. The van der Waals surface area contributed by atoms with Gasteiger partial charge in [-0.15, -0.1) is 0 Å². The summed E-state index contributed by atoms with van der Waals surface area (Å²) in [6.07, 6.45) is 50.7. The summed E-state index contributed by atoms with van der Waals surface area (Å²) in [4.78, 5) is 25.2. The molecule has 0 radical (unpaired) electrons. The number of hydrogen-bond donors (Lipinski definition) is 0. The fraction of sp³-hybridized carbons (Fsp3) is 0.918. The molecule has 0 amide bonds. The van der Waals surface area contributed by atoms with Gasteiger partial charge < -0.3 is 14.2 Å². The van der Waals surface area contributed by atoms with E-state index in [1.807, 2.05) is 0 Å². The highest BCUT2D eigenvalue weighted by Crippen LogP contribution is 2.15. The molecule has 0 aliphatic carbocycles. The van der Waals surface area contributed by atoms with E-state index in [2.05, 4.69) is 32.9 Å². The van der Waals surface area contributed by atoms with Gasteiger partial charge in [0, 0.05) is 19.4 Å². The summed E-state index contributed by atoms with van der Waals surface area (Å²) in [7, 11) is 0. The lowest BCUT2D eigenvalue weighted by atomic mass is 10.1. The number of carbonyl (C=O) groups excluding carboxylic acids is 2. The second-order valence-electron chi connectivity index (χ2n) is 16.4. The molecule has 0 saturated carbocycles. The fourth-order valence-electron chi connectivity index (χ4n) is 7.15. The van der Waals surface area contributed by atoms with Crippen molar-refractivity contribution in [3.05, 3.63) is 12.2 Å². The van der Waals surface area contributed by atoms with Crippen LogP contribution >= 0.6 is 0 Å². The van der Waals surface area contributed by atoms with Crippen LogP contribution in [-0.2, 0) is 23.8 Å². The van der Waals surface area contributed by atoms with Gasteiger partial charge in [0.15, 0.2) is 6.10 Å². The van der Waals surface area contributed by atoms with Gasteiger partial charge in [0.1, 0.15) is 6.61 Å². The highest BCUT2D eigenvalue weighted by atomic mass is 16.6. The first-order valence-electron chi connectivity index (χ1n) is 24.2. The summed E-state index contributed by atoms with van der Waals surface area (Å²) in [5.74, 6) is -0.386. The summed E-state index contributed by atoms with van der Waals surface area (Å²) in [5.41, 5.74) is 0. The van der Waals surface area contributed by atoms with Crippen molar-refractivity contribution in [3.63, 3.8) is 0 Å². The molecule has 0 heterocycles. The molecular weight excluding hydrogens is 669 g/mol. The van der Waals surface area contributed by atoms with Gasteiger partial charge in [-0.25, -0.2) is 0 Å². The molecule has 1 unspecified atom stereocenters. The Bertz CT molecular complexity index is 780. The Kier molecular flexibility index (Phi) is 44.9. The maximum absolute atomic E-state index is 12.7. The molecule has 0 fully saturated rings. The highest BCUT2D eigenvalue weighted by molar-refractivity contribution is 5.70. The summed E-state index contributed by atoms with van der Waals surface area (Å²) in [6.45, 7) is 7.84. The largest absolute Gasteiger partial charge is 0.462 e. The summed E-state index contributed by atoms with van der Waals surface area (Å²) in [6, 6.07) is 0. The van der Waals surface area contributed by atoms with Crippen LogP contribution < -0.4 is 0 Å². The number of ether oxygens (including phenoxy) is 3. The number of esters is 2. The lowest BCUT2D eigenvalue weighted by Crippen LogP contribution is -2.30. The zero-order chi connectivity index (χ0) is 39.3. The number of unbranched alkanes of at least 4 members (excludes halogenated alkanes) is 32. The van der Waals surface area contributed by atoms with Crippen LogP contribution in [0.2, 0.25) is 0 Å². The Morgan fingerprint density at radius 2 is 0.722 bits per heavy atom. The molecule has 0 N–H and O–H groups in total. The molecule has 0 aromatic rings. The molecular formula is C49H94O5. The Labute approximate surface area is 337 Å². The van der Waals surface area contributed by atoms with E-state index in [1.165, 1.54) is 193 Å². The average molecular weight is 763 g/mol. The quantitative estimate of drug-likeness (QED) is 0.0351. The van der Waals surface area contributed by atoms with Crippen molar-refractivity contribution in [2.45, 2.75) is 271 Å². The Morgan fingerprint density at radius 3 is 1.13 bits per heavy atom. The maximum Gasteiger partial charge on any atom is 0.306 e. The van der Waals surface area contributed by atoms with Crippen molar-refractivity contribution >= 4 is 11.9 Å². The number of carbonyl (C=O) groups is 2. The SMILES string of the molecule is CCCCCCCC/C=C\CCCCCCCCCCOCC(COC(=O)CCCCCCCCCCCCC)OC(=O)CCCCCCCCCCC. The van der Waals surface area contributed by atoms with Gasteiger partial charge in [-0.3, -0.25) is 9.59 Å². The van der Waals surface area contributed by atoms with E-state index in [1.54, 1.807) is 0 Å². The van der Waals surface area contributed by atoms with Crippen LogP contribution in [-0.4, -0.2) is 37.9 Å². The maximum atomic E-state index is 12.7. The first kappa shape index (κ1) is 52.6. The molecule has 0 bridgehead atoms. The molecule has 320 valence electrons. The van der Waals surface area contributed by atoms with Crippen molar-refractivity contribution < 1.29 is 23.8 Å². The molecule has 5 nitrogen and oxygen atoms in total. The van der Waals surface area contributed by atoms with E-state index in [9.17, 15) is 9.59 Å². The van der Waals surface area contributed by atoms with Crippen LogP contribution in [0.4, 0.5) is 0 Å². The molecule has 0 aromatic carbocycles. The van der Waals surface area contributed by atoms with Crippen LogP contribution in [0.5, 0.6) is 0 Å². The standard InChI is InChI=1S/C49H94O5/c1-4-7-10-13-16-19-21-22-23-24-25-26-27-29-32-35-38-41-44-52-45-47(54-49(51)43-40-37-34-30-18-15-12-9-6-3)46-53-48(50)42-39-36-33-31-28-20-17-14-11-8-5-2/h22-23,47H,4-21,24-46H2,1-3H3/b23-22-. The van der Waals surface area contributed by atoms with Crippen LogP contribution in [0.15, 0.2) is 12.2 Å². The monoisotopic (exact) mass is 763 g/mol. The fourth-order valence-corrected chi connectivity index (χ4v) is 7.15. The van der Waals surface area contributed by atoms with Crippen LogP contribution in [0.3, 0.4) is 0 Å². The first-order valence-corrected chi connectivity index (χ1v) is 24.2. The number of hydrogen-bond acceptors (Lipinski definition) is 5. The summed E-state index contributed by atoms with van der Waals surface area (Å²) < 4.78 is 17.3.